The molecule has 0 heterocycles. The SMILES string of the molecule is COc1ccc(CN(CC=C(C)C)CCNCc2ccc(F)cc2F)cc1OC. The summed E-state index contributed by atoms with van der Waals surface area (Å²) in [6.45, 7) is 7.52. The van der Waals surface area contributed by atoms with Crippen LogP contribution in [0.15, 0.2) is 48.0 Å². The smallest absolute Gasteiger partial charge is 0.161 e. The van der Waals surface area contributed by atoms with E-state index in [2.05, 4.69) is 30.1 Å². The molecule has 0 spiro atoms. The van der Waals surface area contributed by atoms with Crippen LogP contribution < -0.4 is 14.8 Å². The minimum atomic E-state index is -0.561. The maximum atomic E-state index is 13.7. The average Bonchev–Trinajstić information content (AvgIpc) is 2.70. The number of rotatable bonds is 11. The molecule has 158 valence electrons. The summed E-state index contributed by atoms with van der Waals surface area (Å²) in [5, 5.41) is 3.24. The highest BCUT2D eigenvalue weighted by Crippen LogP contribution is 2.28. The van der Waals surface area contributed by atoms with Crippen molar-refractivity contribution in [3.05, 3.63) is 70.8 Å². The molecule has 0 aromatic heterocycles. The van der Waals surface area contributed by atoms with E-state index in [0.717, 1.165) is 31.3 Å². The van der Waals surface area contributed by atoms with Crippen molar-refractivity contribution in [2.75, 3.05) is 33.9 Å². The zero-order chi connectivity index (χ0) is 21.2. The summed E-state index contributed by atoms with van der Waals surface area (Å²) in [5.41, 5.74) is 2.83. The zero-order valence-electron chi connectivity index (χ0n) is 17.6. The van der Waals surface area contributed by atoms with Gasteiger partial charge in [-0.1, -0.05) is 23.8 Å². The van der Waals surface area contributed by atoms with Crippen LogP contribution in [-0.4, -0.2) is 38.8 Å². The van der Waals surface area contributed by atoms with Gasteiger partial charge in [0.2, 0.25) is 0 Å². The molecule has 0 fully saturated rings. The maximum Gasteiger partial charge on any atom is 0.161 e. The first-order valence-electron chi connectivity index (χ1n) is 9.64. The summed E-state index contributed by atoms with van der Waals surface area (Å²) in [6, 6.07) is 9.58. The van der Waals surface area contributed by atoms with Crippen molar-refractivity contribution in [3.63, 3.8) is 0 Å². The molecule has 0 atom stereocenters. The lowest BCUT2D eigenvalue weighted by Gasteiger charge is -2.22. The predicted molar refractivity (Wildman–Crippen MR) is 112 cm³/mol. The third-order valence-electron chi connectivity index (χ3n) is 4.55. The molecule has 6 heteroatoms. The van der Waals surface area contributed by atoms with Crippen LogP contribution in [0, 0.1) is 11.6 Å². The Bertz CT molecular complexity index is 821. The Labute approximate surface area is 172 Å². The number of halogens is 2. The van der Waals surface area contributed by atoms with E-state index in [1.54, 1.807) is 14.2 Å². The average molecular weight is 405 g/mol. The molecule has 0 aliphatic rings. The lowest BCUT2D eigenvalue weighted by molar-refractivity contribution is 0.291. The molecular weight excluding hydrogens is 374 g/mol. The van der Waals surface area contributed by atoms with Crippen molar-refractivity contribution in [2.45, 2.75) is 26.9 Å². The van der Waals surface area contributed by atoms with Crippen LogP contribution in [0.5, 0.6) is 11.5 Å². The quantitative estimate of drug-likeness (QED) is 0.440. The third kappa shape index (κ3) is 7.48. The molecule has 2 aromatic rings. The number of ether oxygens (including phenoxy) is 2. The number of allylic oxidation sites excluding steroid dienone is 1. The first-order valence-corrected chi connectivity index (χ1v) is 9.64. The van der Waals surface area contributed by atoms with Crippen molar-refractivity contribution in [1.82, 2.24) is 10.2 Å². The normalized spacial score (nSPS) is 10.9. The van der Waals surface area contributed by atoms with E-state index in [1.165, 1.54) is 17.7 Å². The van der Waals surface area contributed by atoms with Gasteiger partial charge in [0.15, 0.2) is 11.5 Å². The highest BCUT2D eigenvalue weighted by atomic mass is 19.1. The number of nitrogens with one attached hydrogen (secondary N) is 1. The van der Waals surface area contributed by atoms with Crippen molar-refractivity contribution in [1.29, 1.82) is 0 Å². The second-order valence-electron chi connectivity index (χ2n) is 7.12. The highest BCUT2D eigenvalue weighted by Gasteiger charge is 2.09. The number of nitrogens with zero attached hydrogens (tertiary/aromatic N) is 1. The molecule has 1 N–H and O–H groups in total. The van der Waals surface area contributed by atoms with Gasteiger partial charge in [0.25, 0.3) is 0 Å². The number of benzene rings is 2. The Hall–Kier alpha value is -2.44. The van der Waals surface area contributed by atoms with Gasteiger partial charge in [0.1, 0.15) is 11.6 Å². The molecule has 0 aliphatic carbocycles. The lowest BCUT2D eigenvalue weighted by Crippen LogP contribution is -2.32. The first kappa shape index (κ1) is 22.8. The summed E-state index contributed by atoms with van der Waals surface area (Å²) in [6.07, 6.45) is 2.18. The zero-order valence-corrected chi connectivity index (χ0v) is 17.6. The molecule has 0 radical (unpaired) electrons. The summed E-state index contributed by atoms with van der Waals surface area (Å²) in [5.74, 6) is 0.324. The molecule has 0 saturated heterocycles. The topological polar surface area (TPSA) is 33.7 Å². The second kappa shape index (κ2) is 11.5. The van der Waals surface area contributed by atoms with E-state index >= 15 is 0 Å². The van der Waals surface area contributed by atoms with E-state index in [-0.39, 0.29) is 0 Å². The van der Waals surface area contributed by atoms with Crippen LogP contribution in [0.4, 0.5) is 8.78 Å². The fraction of sp³-hybridized carbons (Fsp3) is 0.391. The van der Waals surface area contributed by atoms with Gasteiger partial charge in [-0.3, -0.25) is 4.90 Å². The first-order chi connectivity index (χ1) is 13.9. The van der Waals surface area contributed by atoms with Gasteiger partial charge in [-0.05, 0) is 37.6 Å². The predicted octanol–water partition coefficient (Wildman–Crippen LogP) is 4.54. The fourth-order valence-electron chi connectivity index (χ4n) is 2.91. The van der Waals surface area contributed by atoms with Gasteiger partial charge < -0.3 is 14.8 Å². The Balaban J connectivity index is 1.96. The number of hydrogen-bond acceptors (Lipinski definition) is 4. The highest BCUT2D eigenvalue weighted by molar-refractivity contribution is 5.42. The van der Waals surface area contributed by atoms with E-state index in [9.17, 15) is 8.78 Å². The maximum absolute atomic E-state index is 13.7. The van der Waals surface area contributed by atoms with Crippen LogP contribution in [0.1, 0.15) is 25.0 Å². The summed E-state index contributed by atoms with van der Waals surface area (Å²) < 4.78 is 37.5. The van der Waals surface area contributed by atoms with Crippen molar-refractivity contribution < 1.29 is 18.3 Å². The Morgan fingerprint density at radius 2 is 1.79 bits per heavy atom. The van der Waals surface area contributed by atoms with Crippen LogP contribution >= 0.6 is 0 Å². The molecule has 2 rings (SSSR count). The fourth-order valence-corrected chi connectivity index (χ4v) is 2.91. The van der Waals surface area contributed by atoms with Gasteiger partial charge in [-0.25, -0.2) is 8.78 Å². The van der Waals surface area contributed by atoms with Crippen molar-refractivity contribution in [2.24, 2.45) is 0 Å². The molecular formula is C23H30F2N2O2. The van der Waals surface area contributed by atoms with Crippen LogP contribution in [0.25, 0.3) is 0 Å². The van der Waals surface area contributed by atoms with E-state index < -0.39 is 11.6 Å². The molecule has 29 heavy (non-hydrogen) atoms. The van der Waals surface area contributed by atoms with E-state index in [0.29, 0.717) is 30.2 Å². The van der Waals surface area contributed by atoms with Gasteiger partial charge in [0.05, 0.1) is 14.2 Å². The molecule has 0 saturated carbocycles. The van der Waals surface area contributed by atoms with Gasteiger partial charge in [0, 0.05) is 44.4 Å². The lowest BCUT2D eigenvalue weighted by atomic mass is 10.1. The summed E-state index contributed by atoms with van der Waals surface area (Å²) in [4.78, 5) is 2.29. The minimum absolute atomic E-state index is 0.360. The minimum Gasteiger partial charge on any atom is -0.493 e. The van der Waals surface area contributed by atoms with Crippen molar-refractivity contribution >= 4 is 0 Å². The number of hydrogen-bond donors (Lipinski definition) is 1. The summed E-state index contributed by atoms with van der Waals surface area (Å²) in [7, 11) is 3.25. The van der Waals surface area contributed by atoms with Gasteiger partial charge in [-0.2, -0.15) is 0 Å². The molecule has 0 aliphatic heterocycles. The second-order valence-corrected chi connectivity index (χ2v) is 7.12. The molecule has 4 nitrogen and oxygen atoms in total. The standard InChI is InChI=1S/C23H30F2N2O2/c1-17(2)9-11-27(16-18-5-8-22(28-3)23(13-18)29-4)12-10-26-15-19-6-7-20(24)14-21(19)25/h5-9,13-14,26H,10-12,15-16H2,1-4H3. The van der Waals surface area contributed by atoms with E-state index in [1.807, 2.05) is 18.2 Å². The van der Waals surface area contributed by atoms with Crippen LogP contribution in [0.2, 0.25) is 0 Å². The Morgan fingerprint density at radius 3 is 2.45 bits per heavy atom. The third-order valence-corrected chi connectivity index (χ3v) is 4.55. The Morgan fingerprint density at radius 1 is 1.03 bits per heavy atom. The van der Waals surface area contributed by atoms with Crippen molar-refractivity contribution in [3.8, 4) is 11.5 Å². The van der Waals surface area contributed by atoms with Crippen LogP contribution in [0.3, 0.4) is 0 Å². The van der Waals surface area contributed by atoms with Crippen LogP contribution in [-0.2, 0) is 13.1 Å². The summed E-state index contributed by atoms with van der Waals surface area (Å²) >= 11 is 0. The van der Waals surface area contributed by atoms with Gasteiger partial charge in [-0.15, -0.1) is 0 Å². The molecule has 0 unspecified atom stereocenters. The largest absolute Gasteiger partial charge is 0.493 e. The molecule has 0 bridgehead atoms. The molecule has 0 amide bonds. The number of methoxy groups -OCH3 is 2. The molecule has 2 aromatic carbocycles. The van der Waals surface area contributed by atoms with E-state index in [4.69, 9.17) is 9.47 Å². The Kier molecular flexibility index (Phi) is 9.09. The monoisotopic (exact) mass is 404 g/mol. The van der Waals surface area contributed by atoms with Gasteiger partial charge >= 0.3 is 0 Å².